The predicted molar refractivity (Wildman–Crippen MR) is 109 cm³/mol. The summed E-state index contributed by atoms with van der Waals surface area (Å²) in [5.74, 6) is 1.77. The number of rotatable bonds is 3. The summed E-state index contributed by atoms with van der Waals surface area (Å²) in [5, 5.41) is 4.97. The number of fused-ring (bicyclic) bond motifs is 4. The number of aromatic amines is 1. The number of benzene rings is 1. The number of carbonyl (C=O) groups is 1. The van der Waals surface area contributed by atoms with E-state index in [0.717, 1.165) is 53.8 Å². The fourth-order valence-electron chi connectivity index (χ4n) is 4.22. The number of H-pyrrole nitrogens is 1. The molecule has 1 aliphatic carbocycles. The highest BCUT2D eigenvalue weighted by Gasteiger charge is 2.35. The average molecular weight is 411 g/mol. The third-order valence-electron chi connectivity index (χ3n) is 5.85. The van der Waals surface area contributed by atoms with E-state index in [1.54, 1.807) is 18.3 Å². The van der Waals surface area contributed by atoms with E-state index < -0.39 is 0 Å². The lowest BCUT2D eigenvalue weighted by Gasteiger charge is -2.27. The molecule has 3 aromatic rings. The van der Waals surface area contributed by atoms with Crippen LogP contribution in [0.2, 0.25) is 5.02 Å². The molecule has 1 saturated carbocycles. The number of halogens is 1. The molecule has 7 nitrogen and oxygen atoms in total. The summed E-state index contributed by atoms with van der Waals surface area (Å²) in [6.45, 7) is 1.53. The maximum atomic E-state index is 12.6. The van der Waals surface area contributed by atoms with Gasteiger partial charge in [-0.25, -0.2) is 4.98 Å². The number of aromatic nitrogens is 2. The third kappa shape index (κ3) is 2.72. The molecule has 2 N–H and O–H groups in total. The van der Waals surface area contributed by atoms with Gasteiger partial charge in [0.2, 0.25) is 12.7 Å². The fraction of sp³-hybridized carbons (Fsp3) is 0.333. The normalized spacial score (nSPS) is 17.5. The maximum absolute atomic E-state index is 12.6. The van der Waals surface area contributed by atoms with Crippen molar-refractivity contribution in [3.8, 4) is 11.5 Å². The monoisotopic (exact) mass is 410 g/mol. The topological polar surface area (TPSA) is 79.5 Å². The highest BCUT2D eigenvalue weighted by molar-refractivity contribution is 6.34. The number of pyridine rings is 1. The zero-order valence-electron chi connectivity index (χ0n) is 15.6. The summed E-state index contributed by atoms with van der Waals surface area (Å²) in [6, 6.07) is 5.51. The molecule has 0 saturated heterocycles. The molecule has 0 radical (unpaired) electrons. The Hall–Kier alpha value is -2.93. The van der Waals surface area contributed by atoms with Gasteiger partial charge >= 0.3 is 0 Å². The second-order valence-corrected chi connectivity index (χ2v) is 8.14. The van der Waals surface area contributed by atoms with Crippen molar-refractivity contribution in [3.05, 3.63) is 40.7 Å². The van der Waals surface area contributed by atoms with Gasteiger partial charge in [-0.1, -0.05) is 11.6 Å². The van der Waals surface area contributed by atoms with E-state index in [1.807, 2.05) is 11.0 Å². The van der Waals surface area contributed by atoms with Gasteiger partial charge < -0.3 is 24.7 Å². The second-order valence-electron chi connectivity index (χ2n) is 7.73. The molecule has 0 spiro atoms. The summed E-state index contributed by atoms with van der Waals surface area (Å²) in [6.07, 6.45) is 4.60. The van der Waals surface area contributed by atoms with E-state index in [4.69, 9.17) is 21.1 Å². The van der Waals surface area contributed by atoms with Crippen LogP contribution in [-0.4, -0.2) is 34.1 Å². The number of amides is 1. The Labute approximate surface area is 172 Å². The van der Waals surface area contributed by atoms with Gasteiger partial charge in [-0.2, -0.15) is 0 Å². The molecule has 0 bridgehead atoms. The minimum atomic E-state index is 0.175. The van der Waals surface area contributed by atoms with Crippen LogP contribution in [0.4, 0.5) is 11.4 Å². The largest absolute Gasteiger partial charge is 0.454 e. The molecule has 148 valence electrons. The van der Waals surface area contributed by atoms with E-state index >= 15 is 0 Å². The van der Waals surface area contributed by atoms with E-state index in [1.165, 1.54) is 0 Å². The fourth-order valence-corrected chi connectivity index (χ4v) is 4.41. The van der Waals surface area contributed by atoms with E-state index in [0.29, 0.717) is 28.8 Å². The van der Waals surface area contributed by atoms with Gasteiger partial charge in [0.05, 0.1) is 10.7 Å². The highest BCUT2D eigenvalue weighted by Crippen LogP contribution is 2.46. The number of carbonyl (C=O) groups excluding carboxylic acids is 1. The quantitative estimate of drug-likeness (QED) is 0.682. The van der Waals surface area contributed by atoms with Crippen LogP contribution in [0.25, 0.3) is 11.0 Å². The number of nitrogens with zero attached hydrogens (tertiary/aromatic N) is 2. The molecule has 29 heavy (non-hydrogen) atoms. The first-order valence-electron chi connectivity index (χ1n) is 9.81. The Kier molecular flexibility index (Phi) is 3.68. The van der Waals surface area contributed by atoms with Gasteiger partial charge in [0.1, 0.15) is 11.3 Å². The minimum Gasteiger partial charge on any atom is -0.454 e. The molecule has 2 aliphatic heterocycles. The predicted octanol–water partition coefficient (Wildman–Crippen LogP) is 3.98. The van der Waals surface area contributed by atoms with Crippen LogP contribution in [0.3, 0.4) is 0 Å². The zero-order chi connectivity index (χ0) is 19.5. The van der Waals surface area contributed by atoms with Crippen LogP contribution in [0.5, 0.6) is 11.5 Å². The van der Waals surface area contributed by atoms with Gasteiger partial charge in [0, 0.05) is 48.3 Å². The average Bonchev–Trinajstić information content (AvgIpc) is 3.35. The van der Waals surface area contributed by atoms with Crippen molar-refractivity contribution < 1.29 is 14.3 Å². The lowest BCUT2D eigenvalue weighted by atomic mass is 10.0. The molecular formula is C21H19ClN4O3. The third-order valence-corrected chi connectivity index (χ3v) is 6.17. The van der Waals surface area contributed by atoms with Crippen molar-refractivity contribution >= 4 is 39.9 Å². The molecule has 0 atom stereocenters. The highest BCUT2D eigenvalue weighted by atomic mass is 35.5. The Balaban J connectivity index is 1.42. The minimum absolute atomic E-state index is 0.175. The Bertz CT molecular complexity index is 1150. The molecule has 4 heterocycles. The van der Waals surface area contributed by atoms with Crippen LogP contribution >= 0.6 is 11.6 Å². The van der Waals surface area contributed by atoms with E-state index in [2.05, 4.69) is 15.3 Å². The first-order chi connectivity index (χ1) is 14.2. The summed E-state index contributed by atoms with van der Waals surface area (Å²) in [5.41, 5.74) is 4.62. The van der Waals surface area contributed by atoms with Crippen molar-refractivity contribution in [1.82, 2.24) is 14.9 Å². The Morgan fingerprint density at radius 3 is 3.03 bits per heavy atom. The number of anilines is 2. The lowest BCUT2D eigenvalue weighted by Crippen LogP contribution is -2.36. The summed E-state index contributed by atoms with van der Waals surface area (Å²) in [7, 11) is 0. The van der Waals surface area contributed by atoms with Crippen molar-refractivity contribution in [2.45, 2.75) is 25.8 Å². The van der Waals surface area contributed by atoms with Gasteiger partial charge in [-0.05, 0) is 31.0 Å². The first kappa shape index (κ1) is 17.0. The van der Waals surface area contributed by atoms with Crippen molar-refractivity contribution in [2.75, 3.05) is 18.7 Å². The summed E-state index contributed by atoms with van der Waals surface area (Å²) < 4.78 is 11.1. The van der Waals surface area contributed by atoms with Crippen LogP contribution in [0.15, 0.2) is 24.4 Å². The molecule has 1 aromatic carbocycles. The molecular weight excluding hydrogens is 392 g/mol. The number of ether oxygens (including phenoxy) is 2. The summed E-state index contributed by atoms with van der Waals surface area (Å²) >= 11 is 6.46. The Morgan fingerprint density at radius 1 is 1.28 bits per heavy atom. The number of hydrogen-bond acceptors (Lipinski definition) is 5. The van der Waals surface area contributed by atoms with Gasteiger partial charge in [0.15, 0.2) is 11.5 Å². The molecule has 2 aromatic heterocycles. The lowest BCUT2D eigenvalue weighted by molar-refractivity contribution is -0.133. The molecule has 1 fully saturated rings. The van der Waals surface area contributed by atoms with E-state index in [-0.39, 0.29) is 18.6 Å². The van der Waals surface area contributed by atoms with Crippen LogP contribution in [-0.2, 0) is 17.8 Å². The number of nitrogens with one attached hydrogen (secondary N) is 2. The van der Waals surface area contributed by atoms with Crippen molar-refractivity contribution in [1.29, 1.82) is 0 Å². The van der Waals surface area contributed by atoms with Crippen molar-refractivity contribution in [3.63, 3.8) is 0 Å². The molecule has 6 rings (SSSR count). The van der Waals surface area contributed by atoms with E-state index in [9.17, 15) is 4.79 Å². The van der Waals surface area contributed by atoms with Crippen LogP contribution < -0.4 is 14.8 Å². The van der Waals surface area contributed by atoms with Crippen molar-refractivity contribution in [2.24, 2.45) is 5.92 Å². The van der Waals surface area contributed by atoms with Gasteiger partial charge in [-0.3, -0.25) is 4.79 Å². The molecule has 3 aliphatic rings. The SMILES string of the molecule is O=C(C1CC1)N1CCc2[nH]c3nccc(Nc4c(Cl)ccc5c4OCO5)c3c2C1. The second kappa shape index (κ2) is 6.29. The first-order valence-corrected chi connectivity index (χ1v) is 10.2. The smallest absolute Gasteiger partial charge is 0.231 e. The van der Waals surface area contributed by atoms with Crippen LogP contribution in [0, 0.1) is 5.92 Å². The Morgan fingerprint density at radius 2 is 2.17 bits per heavy atom. The zero-order valence-corrected chi connectivity index (χ0v) is 16.4. The summed E-state index contributed by atoms with van der Waals surface area (Å²) in [4.78, 5) is 22.5. The maximum Gasteiger partial charge on any atom is 0.231 e. The number of hydrogen-bond donors (Lipinski definition) is 2. The molecule has 8 heteroatoms. The van der Waals surface area contributed by atoms with Gasteiger partial charge in [0.25, 0.3) is 0 Å². The van der Waals surface area contributed by atoms with Gasteiger partial charge in [-0.15, -0.1) is 0 Å². The van der Waals surface area contributed by atoms with Crippen LogP contribution in [0.1, 0.15) is 24.1 Å². The molecule has 0 unspecified atom stereocenters. The molecule has 1 amide bonds. The standard InChI is InChI=1S/C21H19ClN4O3/c22-13-3-4-16-19(29-10-28-16)18(13)24-15-5-7-23-20-17(15)12-9-26(8-6-14(12)25-20)21(27)11-1-2-11/h3-5,7,11H,1-2,6,8-10H2,(H2,23,24,25).